The van der Waals surface area contributed by atoms with Crippen LogP contribution >= 0.6 is 22.6 Å². The van der Waals surface area contributed by atoms with Crippen molar-refractivity contribution in [2.24, 2.45) is 0 Å². The van der Waals surface area contributed by atoms with Crippen LogP contribution in [0.15, 0.2) is 10.2 Å². The largest absolute Gasteiger partial charge is 0.461 e. The van der Waals surface area contributed by atoms with Crippen LogP contribution in [0.25, 0.3) is 0 Å². The first kappa shape index (κ1) is 18.9. The fourth-order valence-corrected chi connectivity index (χ4v) is 3.06. The highest BCUT2D eigenvalue weighted by Gasteiger charge is 2.25. The van der Waals surface area contributed by atoms with Crippen LogP contribution in [0, 0.1) is 0 Å². The molecule has 2 atom stereocenters. The standard InChI is InChI=1S/C17H30INO2/c1-2-3-10-15(11-7-5-4-6-8-13-18)21-17(20)16-12-9-14-19-16/h8,13,15-16,19H,2-7,9-12,14H2,1H3/b13-8+/t15-,16-/m0/s1. The normalized spacial score (nSPS) is 20.0. The van der Waals surface area contributed by atoms with Crippen LogP contribution in [-0.2, 0) is 9.53 Å². The molecular weight excluding hydrogens is 377 g/mol. The molecule has 0 radical (unpaired) electrons. The topological polar surface area (TPSA) is 38.3 Å². The van der Waals surface area contributed by atoms with Gasteiger partial charge in [0.05, 0.1) is 0 Å². The van der Waals surface area contributed by atoms with E-state index in [-0.39, 0.29) is 18.1 Å². The summed E-state index contributed by atoms with van der Waals surface area (Å²) >= 11 is 2.26. The molecule has 0 bridgehead atoms. The van der Waals surface area contributed by atoms with E-state index in [1.807, 2.05) is 0 Å². The second-order valence-corrected chi connectivity index (χ2v) is 6.57. The molecule has 0 aromatic carbocycles. The summed E-state index contributed by atoms with van der Waals surface area (Å²) in [5.74, 6) is -0.0264. The maximum absolute atomic E-state index is 12.1. The van der Waals surface area contributed by atoms with Gasteiger partial charge in [-0.05, 0) is 55.6 Å². The summed E-state index contributed by atoms with van der Waals surface area (Å²) < 4.78 is 7.83. The third kappa shape index (κ3) is 8.81. The van der Waals surface area contributed by atoms with Crippen LogP contribution in [0.4, 0.5) is 0 Å². The maximum atomic E-state index is 12.1. The number of carbonyl (C=O) groups is 1. The Balaban J connectivity index is 2.24. The zero-order valence-corrected chi connectivity index (χ0v) is 15.4. The number of ether oxygens (including phenoxy) is 1. The number of nitrogens with one attached hydrogen (secondary N) is 1. The van der Waals surface area contributed by atoms with Crippen molar-refractivity contribution in [2.75, 3.05) is 6.54 Å². The summed E-state index contributed by atoms with van der Waals surface area (Å²) in [6, 6.07) is -0.0529. The minimum atomic E-state index is -0.0529. The van der Waals surface area contributed by atoms with Gasteiger partial charge in [-0.2, -0.15) is 0 Å². The van der Waals surface area contributed by atoms with Crippen molar-refractivity contribution >= 4 is 28.6 Å². The lowest BCUT2D eigenvalue weighted by Crippen LogP contribution is -2.35. The molecule has 1 fully saturated rings. The third-order valence-corrected chi connectivity index (χ3v) is 4.50. The fraction of sp³-hybridized carbons (Fsp3) is 0.824. The molecule has 0 spiro atoms. The Bertz CT molecular complexity index is 301. The van der Waals surface area contributed by atoms with Crippen molar-refractivity contribution in [1.82, 2.24) is 5.32 Å². The first-order chi connectivity index (χ1) is 10.3. The van der Waals surface area contributed by atoms with Crippen LogP contribution in [0.5, 0.6) is 0 Å². The summed E-state index contributed by atoms with van der Waals surface area (Å²) in [6.07, 6.45) is 13.5. The van der Waals surface area contributed by atoms with Crippen LogP contribution in [-0.4, -0.2) is 24.7 Å². The Morgan fingerprint density at radius 3 is 2.81 bits per heavy atom. The van der Waals surface area contributed by atoms with Gasteiger partial charge in [-0.3, -0.25) is 4.79 Å². The zero-order valence-electron chi connectivity index (χ0n) is 13.3. The Kier molecular flexibility index (Phi) is 11.2. The molecular formula is C17H30INO2. The summed E-state index contributed by atoms with van der Waals surface area (Å²) in [7, 11) is 0. The summed E-state index contributed by atoms with van der Waals surface area (Å²) in [5, 5.41) is 3.23. The van der Waals surface area contributed by atoms with E-state index in [4.69, 9.17) is 4.74 Å². The highest BCUT2D eigenvalue weighted by molar-refractivity contribution is 14.1. The maximum Gasteiger partial charge on any atom is 0.323 e. The van der Waals surface area contributed by atoms with Gasteiger partial charge < -0.3 is 10.1 Å². The van der Waals surface area contributed by atoms with Gasteiger partial charge in [0.1, 0.15) is 12.1 Å². The predicted molar refractivity (Wildman–Crippen MR) is 96.7 cm³/mol. The van der Waals surface area contributed by atoms with E-state index in [0.717, 1.165) is 57.9 Å². The summed E-state index contributed by atoms with van der Waals surface area (Å²) in [5.41, 5.74) is 0. The number of esters is 1. The molecule has 1 N–H and O–H groups in total. The van der Waals surface area contributed by atoms with E-state index in [0.29, 0.717) is 0 Å². The molecule has 1 rings (SSSR count). The minimum absolute atomic E-state index is 0.0264. The third-order valence-electron chi connectivity index (χ3n) is 3.99. The highest BCUT2D eigenvalue weighted by atomic mass is 127. The summed E-state index contributed by atoms with van der Waals surface area (Å²) in [4.78, 5) is 12.1. The van der Waals surface area contributed by atoms with Crippen LogP contribution in [0.1, 0.15) is 71.1 Å². The molecule has 1 aliphatic heterocycles. The van der Waals surface area contributed by atoms with E-state index in [2.05, 4.69) is 45.0 Å². The van der Waals surface area contributed by atoms with E-state index < -0.39 is 0 Å². The van der Waals surface area contributed by atoms with Gasteiger partial charge in [0.25, 0.3) is 0 Å². The van der Waals surface area contributed by atoms with Gasteiger partial charge in [0, 0.05) is 0 Å². The number of halogens is 1. The number of rotatable bonds is 11. The quantitative estimate of drug-likeness (QED) is 0.306. The minimum Gasteiger partial charge on any atom is -0.461 e. The van der Waals surface area contributed by atoms with Gasteiger partial charge in [-0.15, -0.1) is 0 Å². The van der Waals surface area contributed by atoms with Crippen molar-refractivity contribution in [1.29, 1.82) is 0 Å². The van der Waals surface area contributed by atoms with Gasteiger partial charge in [-0.1, -0.05) is 54.9 Å². The van der Waals surface area contributed by atoms with Crippen LogP contribution in [0.3, 0.4) is 0 Å². The lowest BCUT2D eigenvalue weighted by Gasteiger charge is -2.20. The van der Waals surface area contributed by atoms with Gasteiger partial charge in [0.15, 0.2) is 0 Å². The molecule has 1 heterocycles. The van der Waals surface area contributed by atoms with E-state index in [9.17, 15) is 4.79 Å². The molecule has 122 valence electrons. The van der Waals surface area contributed by atoms with Crippen molar-refractivity contribution in [2.45, 2.75) is 83.3 Å². The number of allylic oxidation sites excluding steroid dienone is 1. The van der Waals surface area contributed by atoms with Crippen molar-refractivity contribution < 1.29 is 9.53 Å². The second-order valence-electron chi connectivity index (χ2n) is 5.85. The van der Waals surface area contributed by atoms with Crippen LogP contribution < -0.4 is 5.32 Å². The number of hydrogen-bond donors (Lipinski definition) is 1. The average Bonchev–Trinajstić information content (AvgIpc) is 3.02. The second kappa shape index (κ2) is 12.4. The first-order valence-corrected chi connectivity index (χ1v) is 9.71. The smallest absolute Gasteiger partial charge is 0.323 e. The van der Waals surface area contributed by atoms with Gasteiger partial charge in [-0.25, -0.2) is 0 Å². The highest BCUT2D eigenvalue weighted by Crippen LogP contribution is 2.17. The van der Waals surface area contributed by atoms with E-state index >= 15 is 0 Å². The van der Waals surface area contributed by atoms with E-state index in [1.165, 1.54) is 12.8 Å². The molecule has 0 aromatic heterocycles. The van der Waals surface area contributed by atoms with Crippen LogP contribution in [0.2, 0.25) is 0 Å². The Labute approximate surface area is 143 Å². The molecule has 1 saturated heterocycles. The molecule has 0 unspecified atom stereocenters. The molecule has 0 amide bonds. The molecule has 21 heavy (non-hydrogen) atoms. The number of hydrogen-bond acceptors (Lipinski definition) is 3. The number of unbranched alkanes of at least 4 members (excludes halogenated alkanes) is 4. The lowest BCUT2D eigenvalue weighted by molar-refractivity contribution is -0.152. The van der Waals surface area contributed by atoms with Crippen molar-refractivity contribution in [3.63, 3.8) is 0 Å². The Hall–Kier alpha value is -0.100. The predicted octanol–water partition coefficient (Wildman–Crippen LogP) is 4.74. The molecule has 1 aliphatic rings. The summed E-state index contributed by atoms with van der Waals surface area (Å²) in [6.45, 7) is 3.14. The van der Waals surface area contributed by atoms with Gasteiger partial charge in [0.2, 0.25) is 0 Å². The van der Waals surface area contributed by atoms with Gasteiger partial charge >= 0.3 is 5.97 Å². The molecule has 4 heteroatoms. The Morgan fingerprint density at radius 2 is 2.14 bits per heavy atom. The molecule has 0 saturated carbocycles. The fourth-order valence-electron chi connectivity index (χ4n) is 2.70. The SMILES string of the molecule is CCCC[C@@H](CCCCC/C=C/I)OC(=O)[C@@H]1CCCN1. The molecule has 3 nitrogen and oxygen atoms in total. The lowest BCUT2D eigenvalue weighted by atomic mass is 10.0. The first-order valence-electron chi connectivity index (χ1n) is 8.47. The van der Waals surface area contributed by atoms with Crippen molar-refractivity contribution in [3.8, 4) is 0 Å². The molecule has 0 aliphatic carbocycles. The number of carbonyl (C=O) groups excluding carboxylic acids is 1. The van der Waals surface area contributed by atoms with Crippen molar-refractivity contribution in [3.05, 3.63) is 10.2 Å². The Morgan fingerprint density at radius 1 is 1.33 bits per heavy atom. The zero-order chi connectivity index (χ0) is 15.3. The molecule has 0 aromatic rings. The van der Waals surface area contributed by atoms with E-state index in [1.54, 1.807) is 0 Å². The average molecular weight is 407 g/mol. The monoisotopic (exact) mass is 407 g/mol.